The number of fused-ring (bicyclic) bond motifs is 1. The molecule has 1 aromatic carbocycles. The molecule has 0 aliphatic carbocycles. The Morgan fingerprint density at radius 3 is 2.79 bits per heavy atom. The molecular weight excluding hydrogens is 300 g/mol. The van der Waals surface area contributed by atoms with Crippen molar-refractivity contribution in [2.24, 2.45) is 0 Å². The van der Waals surface area contributed by atoms with E-state index < -0.39 is 0 Å². The molecular formula is C19H22N4O. The van der Waals surface area contributed by atoms with E-state index in [1.807, 2.05) is 0 Å². The molecule has 2 aromatic heterocycles. The van der Waals surface area contributed by atoms with Crippen molar-refractivity contribution in [1.29, 1.82) is 0 Å². The average Bonchev–Trinajstić information content (AvgIpc) is 3.26. The summed E-state index contributed by atoms with van der Waals surface area (Å²) in [6.45, 7) is 6.30. The van der Waals surface area contributed by atoms with Crippen molar-refractivity contribution >= 4 is 16.7 Å². The molecule has 0 radical (unpaired) electrons. The lowest BCUT2D eigenvalue weighted by Gasteiger charge is -2.20. The minimum Gasteiger partial charge on any atom is -0.356 e. The van der Waals surface area contributed by atoms with Gasteiger partial charge in [-0.3, -0.25) is 0 Å². The van der Waals surface area contributed by atoms with Crippen molar-refractivity contribution in [3.63, 3.8) is 0 Å². The summed E-state index contributed by atoms with van der Waals surface area (Å²) >= 11 is 0. The van der Waals surface area contributed by atoms with Crippen molar-refractivity contribution in [1.82, 2.24) is 15.1 Å². The second kappa shape index (κ2) is 6.23. The first kappa shape index (κ1) is 15.1. The van der Waals surface area contributed by atoms with Gasteiger partial charge in [-0.25, -0.2) is 4.98 Å². The molecule has 0 saturated carbocycles. The van der Waals surface area contributed by atoms with E-state index in [2.05, 4.69) is 53.2 Å². The number of hydrogen-bond donors (Lipinski definition) is 0. The maximum Gasteiger partial charge on any atom is 0.226 e. The summed E-state index contributed by atoms with van der Waals surface area (Å²) in [6.07, 6.45) is 4.22. The largest absolute Gasteiger partial charge is 0.356 e. The fourth-order valence-corrected chi connectivity index (χ4v) is 3.35. The van der Waals surface area contributed by atoms with E-state index in [-0.39, 0.29) is 0 Å². The lowest BCUT2D eigenvalue weighted by molar-refractivity contribution is 0.378. The summed E-state index contributed by atoms with van der Waals surface area (Å²) in [5.41, 5.74) is 3.22. The third-order valence-corrected chi connectivity index (χ3v) is 4.61. The van der Waals surface area contributed by atoms with Crippen LogP contribution >= 0.6 is 0 Å². The highest BCUT2D eigenvalue weighted by Crippen LogP contribution is 2.33. The molecule has 5 nitrogen and oxygen atoms in total. The zero-order valence-corrected chi connectivity index (χ0v) is 14.2. The van der Waals surface area contributed by atoms with Crippen LogP contribution in [0.5, 0.6) is 0 Å². The van der Waals surface area contributed by atoms with Crippen LogP contribution in [0.2, 0.25) is 0 Å². The van der Waals surface area contributed by atoms with Gasteiger partial charge in [0.1, 0.15) is 5.82 Å². The predicted molar refractivity (Wildman–Crippen MR) is 95.2 cm³/mol. The van der Waals surface area contributed by atoms with Gasteiger partial charge < -0.3 is 9.42 Å². The Morgan fingerprint density at radius 1 is 1.17 bits per heavy atom. The van der Waals surface area contributed by atoms with E-state index in [0.717, 1.165) is 48.2 Å². The first-order valence-corrected chi connectivity index (χ1v) is 8.74. The van der Waals surface area contributed by atoms with E-state index in [4.69, 9.17) is 9.51 Å². The molecule has 5 heteroatoms. The monoisotopic (exact) mass is 322 g/mol. The SMILES string of the molecule is CCCc1nc(-c2cc3cccc(C)c3nc2N2CCCC2)no1. The predicted octanol–water partition coefficient (Wildman–Crippen LogP) is 4.15. The van der Waals surface area contributed by atoms with Crippen LogP contribution < -0.4 is 4.90 Å². The smallest absolute Gasteiger partial charge is 0.226 e. The maximum absolute atomic E-state index is 5.41. The number of para-hydroxylation sites is 1. The van der Waals surface area contributed by atoms with Crippen LogP contribution in [0.15, 0.2) is 28.8 Å². The highest BCUT2D eigenvalue weighted by molar-refractivity contribution is 5.90. The molecule has 1 fully saturated rings. The summed E-state index contributed by atoms with van der Waals surface area (Å²) in [5.74, 6) is 2.33. The Balaban J connectivity index is 1.89. The summed E-state index contributed by atoms with van der Waals surface area (Å²) in [4.78, 5) is 11.9. The maximum atomic E-state index is 5.41. The molecule has 0 N–H and O–H groups in total. The second-order valence-electron chi connectivity index (χ2n) is 6.46. The molecule has 0 unspecified atom stereocenters. The topological polar surface area (TPSA) is 55.1 Å². The normalized spacial score (nSPS) is 14.7. The quantitative estimate of drug-likeness (QED) is 0.722. The Hall–Kier alpha value is -2.43. The van der Waals surface area contributed by atoms with Gasteiger partial charge in [0.15, 0.2) is 0 Å². The molecule has 3 heterocycles. The van der Waals surface area contributed by atoms with E-state index in [9.17, 15) is 0 Å². The van der Waals surface area contributed by atoms with Crippen LogP contribution in [0.3, 0.4) is 0 Å². The van der Waals surface area contributed by atoms with Gasteiger partial charge in [0, 0.05) is 24.9 Å². The van der Waals surface area contributed by atoms with Gasteiger partial charge in [-0.05, 0) is 37.8 Å². The highest BCUT2D eigenvalue weighted by atomic mass is 16.5. The van der Waals surface area contributed by atoms with Crippen molar-refractivity contribution < 1.29 is 4.52 Å². The third-order valence-electron chi connectivity index (χ3n) is 4.61. The zero-order valence-electron chi connectivity index (χ0n) is 14.2. The summed E-state index contributed by atoms with van der Waals surface area (Å²) in [6, 6.07) is 8.43. The summed E-state index contributed by atoms with van der Waals surface area (Å²) < 4.78 is 5.41. The minimum absolute atomic E-state index is 0.649. The van der Waals surface area contributed by atoms with Crippen LogP contribution in [0.25, 0.3) is 22.3 Å². The summed E-state index contributed by atoms with van der Waals surface area (Å²) in [7, 11) is 0. The number of aryl methyl sites for hydroxylation is 2. The molecule has 24 heavy (non-hydrogen) atoms. The fourth-order valence-electron chi connectivity index (χ4n) is 3.35. The van der Waals surface area contributed by atoms with Gasteiger partial charge in [-0.15, -0.1) is 0 Å². The molecule has 1 saturated heterocycles. The van der Waals surface area contributed by atoms with Gasteiger partial charge in [0.05, 0.1) is 11.1 Å². The molecule has 0 amide bonds. The van der Waals surface area contributed by atoms with E-state index >= 15 is 0 Å². The van der Waals surface area contributed by atoms with Crippen LogP contribution in [0.4, 0.5) is 5.82 Å². The summed E-state index contributed by atoms with van der Waals surface area (Å²) in [5, 5.41) is 5.33. The molecule has 0 bridgehead atoms. The van der Waals surface area contributed by atoms with E-state index in [0.29, 0.717) is 11.7 Å². The lowest BCUT2D eigenvalue weighted by atomic mass is 10.1. The van der Waals surface area contributed by atoms with Crippen molar-refractivity contribution in [3.05, 3.63) is 35.7 Å². The van der Waals surface area contributed by atoms with Crippen LogP contribution in [-0.2, 0) is 6.42 Å². The van der Waals surface area contributed by atoms with Crippen molar-refractivity contribution in [2.45, 2.75) is 39.5 Å². The Labute approximate surface area is 141 Å². The zero-order chi connectivity index (χ0) is 16.5. The van der Waals surface area contributed by atoms with Crippen LogP contribution in [0, 0.1) is 6.92 Å². The van der Waals surface area contributed by atoms with Crippen molar-refractivity contribution in [2.75, 3.05) is 18.0 Å². The molecule has 3 aromatic rings. The fraction of sp³-hybridized carbons (Fsp3) is 0.421. The highest BCUT2D eigenvalue weighted by Gasteiger charge is 2.22. The van der Waals surface area contributed by atoms with Crippen molar-refractivity contribution in [3.8, 4) is 11.4 Å². The minimum atomic E-state index is 0.649. The number of benzene rings is 1. The third kappa shape index (κ3) is 2.64. The number of pyridine rings is 1. The van der Waals surface area contributed by atoms with E-state index in [1.165, 1.54) is 18.4 Å². The van der Waals surface area contributed by atoms with Gasteiger partial charge in [-0.2, -0.15) is 4.98 Å². The number of aromatic nitrogens is 3. The van der Waals surface area contributed by atoms with E-state index in [1.54, 1.807) is 0 Å². The average molecular weight is 322 g/mol. The molecule has 124 valence electrons. The van der Waals surface area contributed by atoms with Gasteiger partial charge in [0.25, 0.3) is 0 Å². The first-order valence-electron chi connectivity index (χ1n) is 8.74. The Morgan fingerprint density at radius 2 is 2.00 bits per heavy atom. The van der Waals surface area contributed by atoms with Crippen LogP contribution in [-0.4, -0.2) is 28.2 Å². The number of rotatable bonds is 4. The number of nitrogens with zero attached hydrogens (tertiary/aromatic N) is 4. The number of hydrogen-bond acceptors (Lipinski definition) is 5. The molecule has 1 aliphatic rings. The van der Waals surface area contributed by atoms with Gasteiger partial charge in [-0.1, -0.05) is 30.3 Å². The Bertz CT molecular complexity index is 865. The first-order chi connectivity index (χ1) is 11.8. The molecule has 1 aliphatic heterocycles. The lowest BCUT2D eigenvalue weighted by Crippen LogP contribution is -2.20. The van der Waals surface area contributed by atoms with Gasteiger partial charge in [0.2, 0.25) is 11.7 Å². The number of anilines is 1. The Kier molecular flexibility index (Phi) is 3.92. The van der Waals surface area contributed by atoms with Gasteiger partial charge >= 0.3 is 0 Å². The van der Waals surface area contributed by atoms with Crippen LogP contribution in [0.1, 0.15) is 37.6 Å². The standard InChI is InChI=1S/C19H22N4O/c1-3-7-16-20-18(22-24-16)15-12-14-9-6-8-13(2)17(14)21-19(15)23-10-4-5-11-23/h6,8-9,12H,3-5,7,10-11H2,1-2H3. The molecule has 4 rings (SSSR count). The molecule has 0 atom stereocenters. The second-order valence-corrected chi connectivity index (χ2v) is 6.46. The molecule has 0 spiro atoms.